The van der Waals surface area contributed by atoms with Crippen LogP contribution in [0.3, 0.4) is 0 Å². The van der Waals surface area contributed by atoms with E-state index in [9.17, 15) is 14.9 Å². The summed E-state index contributed by atoms with van der Waals surface area (Å²) in [7, 11) is 0. The van der Waals surface area contributed by atoms with Crippen LogP contribution < -0.4 is 4.90 Å². The van der Waals surface area contributed by atoms with Gasteiger partial charge in [0.2, 0.25) is 0 Å². The highest BCUT2D eigenvalue weighted by molar-refractivity contribution is 5.83. The zero-order valence-electron chi connectivity index (χ0n) is 17.0. The minimum atomic E-state index is -0.397. The summed E-state index contributed by atoms with van der Waals surface area (Å²) in [5.74, 6) is -0.0875. The fraction of sp³-hybridized carbons (Fsp3) is 0.600. The Balaban J connectivity index is 1.60. The second kappa shape index (κ2) is 9.69. The van der Waals surface area contributed by atoms with Crippen molar-refractivity contribution in [3.05, 3.63) is 33.9 Å². The van der Waals surface area contributed by atoms with Gasteiger partial charge in [-0.15, -0.1) is 0 Å². The topological polar surface area (TPSA) is 97.5 Å². The molecule has 0 aromatic heterocycles. The number of carbonyl (C=O) groups is 1. The molecule has 2 aliphatic heterocycles. The predicted molar refractivity (Wildman–Crippen MR) is 109 cm³/mol. The number of ether oxygens (including phenoxy) is 1. The van der Waals surface area contributed by atoms with Gasteiger partial charge in [-0.25, -0.2) is 0 Å². The van der Waals surface area contributed by atoms with Crippen LogP contribution in [0.1, 0.15) is 38.7 Å². The molecule has 0 radical (unpaired) electrons. The standard InChI is InChI=1S/C20H28N4O5/c1-15-4-3-5-16(2)23(15)20(25)14-29-21-13-17-6-7-18(19(12-17)24(26)27)22-8-10-28-11-9-22/h6-7,12-13,15-16H,3-5,8-11,14H2,1-2H3/b21-13-/t15-,16-/m1/s1. The highest BCUT2D eigenvalue weighted by Crippen LogP contribution is 2.29. The van der Waals surface area contributed by atoms with Gasteiger partial charge in [0.15, 0.2) is 6.61 Å². The van der Waals surface area contributed by atoms with Crippen molar-refractivity contribution in [2.24, 2.45) is 5.16 Å². The summed E-state index contributed by atoms with van der Waals surface area (Å²) in [5.41, 5.74) is 1.13. The van der Waals surface area contributed by atoms with E-state index in [0.29, 0.717) is 37.6 Å². The average Bonchev–Trinajstić information content (AvgIpc) is 2.71. The summed E-state index contributed by atoms with van der Waals surface area (Å²) in [5, 5.41) is 15.3. The van der Waals surface area contributed by atoms with E-state index in [4.69, 9.17) is 9.57 Å². The number of likely N-dealkylation sites (tertiary alicyclic amines) is 1. The number of piperidine rings is 1. The number of morpholine rings is 1. The molecule has 1 aromatic rings. The van der Waals surface area contributed by atoms with E-state index >= 15 is 0 Å². The van der Waals surface area contributed by atoms with Crippen molar-refractivity contribution >= 4 is 23.5 Å². The number of anilines is 1. The predicted octanol–water partition coefficient (Wildman–Crippen LogP) is 2.57. The Labute approximate surface area is 170 Å². The number of benzene rings is 1. The van der Waals surface area contributed by atoms with Crippen LogP contribution in [0.25, 0.3) is 0 Å². The molecule has 2 heterocycles. The van der Waals surface area contributed by atoms with Gasteiger partial charge >= 0.3 is 0 Å². The molecule has 9 nitrogen and oxygen atoms in total. The molecule has 1 amide bonds. The van der Waals surface area contributed by atoms with Crippen LogP contribution in [0.4, 0.5) is 11.4 Å². The van der Waals surface area contributed by atoms with Gasteiger partial charge in [-0.3, -0.25) is 14.9 Å². The molecule has 2 aliphatic rings. The zero-order chi connectivity index (χ0) is 20.8. The zero-order valence-corrected chi connectivity index (χ0v) is 17.0. The van der Waals surface area contributed by atoms with Gasteiger partial charge in [-0.05, 0) is 39.2 Å². The van der Waals surface area contributed by atoms with Crippen LogP contribution in [-0.2, 0) is 14.4 Å². The lowest BCUT2D eigenvalue weighted by Gasteiger charge is -2.38. The van der Waals surface area contributed by atoms with Gasteiger partial charge in [-0.2, -0.15) is 0 Å². The van der Waals surface area contributed by atoms with Crippen molar-refractivity contribution in [2.45, 2.75) is 45.2 Å². The van der Waals surface area contributed by atoms with Gasteiger partial charge < -0.3 is 19.4 Å². The molecule has 0 aliphatic carbocycles. The van der Waals surface area contributed by atoms with Crippen molar-refractivity contribution in [1.29, 1.82) is 0 Å². The SMILES string of the molecule is C[C@@H]1CCC[C@@H](C)N1C(=O)CO/N=C\c1ccc(N2CCOCC2)c([N+](=O)[O-])c1. The molecule has 29 heavy (non-hydrogen) atoms. The van der Waals surface area contributed by atoms with Crippen molar-refractivity contribution < 1.29 is 19.3 Å². The Kier molecular flexibility index (Phi) is 7.03. The van der Waals surface area contributed by atoms with Gasteiger partial charge in [0.1, 0.15) is 5.69 Å². The number of carbonyl (C=O) groups excluding carboxylic acids is 1. The molecule has 3 rings (SSSR count). The molecule has 2 atom stereocenters. The van der Waals surface area contributed by atoms with Gasteiger partial charge in [0.05, 0.1) is 24.4 Å². The number of rotatable bonds is 6. The number of amides is 1. The smallest absolute Gasteiger partial charge is 0.293 e. The molecule has 0 saturated carbocycles. The van der Waals surface area contributed by atoms with E-state index in [1.165, 1.54) is 12.3 Å². The van der Waals surface area contributed by atoms with Gasteiger partial charge in [0.25, 0.3) is 11.6 Å². The maximum Gasteiger partial charge on any atom is 0.293 e. The Morgan fingerprint density at radius 3 is 2.66 bits per heavy atom. The summed E-state index contributed by atoms with van der Waals surface area (Å²) in [6.07, 6.45) is 4.52. The van der Waals surface area contributed by atoms with E-state index in [1.54, 1.807) is 12.1 Å². The monoisotopic (exact) mass is 404 g/mol. The number of oxime groups is 1. The quantitative estimate of drug-likeness (QED) is 0.411. The third-order valence-electron chi connectivity index (χ3n) is 5.49. The number of nitro groups is 1. The van der Waals surface area contributed by atoms with E-state index in [1.807, 2.05) is 23.6 Å². The highest BCUT2D eigenvalue weighted by Gasteiger charge is 2.29. The van der Waals surface area contributed by atoms with Crippen LogP contribution in [0.15, 0.2) is 23.4 Å². The lowest BCUT2D eigenvalue weighted by atomic mass is 9.97. The van der Waals surface area contributed by atoms with Gasteiger partial charge in [0, 0.05) is 36.8 Å². The molecule has 2 saturated heterocycles. The molecule has 0 unspecified atom stereocenters. The Morgan fingerprint density at radius 2 is 2.00 bits per heavy atom. The second-order valence-electron chi connectivity index (χ2n) is 7.54. The second-order valence-corrected chi connectivity index (χ2v) is 7.54. The van der Waals surface area contributed by atoms with E-state index in [2.05, 4.69) is 5.16 Å². The lowest BCUT2D eigenvalue weighted by Crippen LogP contribution is -2.48. The number of nitro benzene ring substituents is 1. The molecule has 0 spiro atoms. The number of nitrogens with zero attached hydrogens (tertiary/aromatic N) is 4. The summed E-state index contributed by atoms with van der Waals surface area (Å²) in [6.45, 7) is 6.30. The van der Waals surface area contributed by atoms with Gasteiger partial charge in [-0.1, -0.05) is 11.2 Å². The minimum absolute atomic E-state index is 0.0166. The molecule has 2 fully saturated rings. The summed E-state index contributed by atoms with van der Waals surface area (Å²) in [6, 6.07) is 5.34. The largest absolute Gasteiger partial charge is 0.386 e. The minimum Gasteiger partial charge on any atom is -0.386 e. The summed E-state index contributed by atoms with van der Waals surface area (Å²) >= 11 is 0. The molecular weight excluding hydrogens is 376 g/mol. The molecule has 9 heteroatoms. The summed E-state index contributed by atoms with van der Waals surface area (Å²) in [4.78, 5) is 32.5. The first-order valence-electron chi connectivity index (χ1n) is 10.0. The van der Waals surface area contributed by atoms with Crippen LogP contribution in [0.5, 0.6) is 0 Å². The molecule has 1 aromatic carbocycles. The molecular formula is C20H28N4O5. The maximum absolute atomic E-state index is 12.4. The van der Waals surface area contributed by atoms with Crippen LogP contribution in [-0.4, -0.2) is 66.9 Å². The van der Waals surface area contributed by atoms with Crippen molar-refractivity contribution in [2.75, 3.05) is 37.8 Å². The first-order valence-corrected chi connectivity index (χ1v) is 10.0. The fourth-order valence-electron chi connectivity index (χ4n) is 4.02. The number of hydrogen-bond acceptors (Lipinski definition) is 7. The van der Waals surface area contributed by atoms with Crippen LogP contribution in [0, 0.1) is 10.1 Å². The normalized spacial score (nSPS) is 22.7. The third kappa shape index (κ3) is 5.23. The first-order chi connectivity index (χ1) is 14.0. The van der Waals surface area contributed by atoms with Crippen LogP contribution >= 0.6 is 0 Å². The maximum atomic E-state index is 12.4. The first kappa shape index (κ1) is 21.0. The van der Waals surface area contributed by atoms with E-state index in [-0.39, 0.29) is 30.3 Å². The molecule has 0 N–H and O–H groups in total. The lowest BCUT2D eigenvalue weighted by molar-refractivity contribution is -0.384. The van der Waals surface area contributed by atoms with Crippen molar-refractivity contribution in [1.82, 2.24) is 4.90 Å². The van der Waals surface area contributed by atoms with E-state index in [0.717, 1.165) is 19.3 Å². The number of hydrogen-bond donors (Lipinski definition) is 0. The average molecular weight is 404 g/mol. The summed E-state index contributed by atoms with van der Waals surface area (Å²) < 4.78 is 5.31. The third-order valence-corrected chi connectivity index (χ3v) is 5.49. The van der Waals surface area contributed by atoms with Crippen molar-refractivity contribution in [3.63, 3.8) is 0 Å². The van der Waals surface area contributed by atoms with Crippen molar-refractivity contribution in [3.8, 4) is 0 Å². The Morgan fingerprint density at radius 1 is 1.31 bits per heavy atom. The van der Waals surface area contributed by atoms with E-state index < -0.39 is 4.92 Å². The molecule has 0 bridgehead atoms. The Hall–Kier alpha value is -2.68. The van der Waals surface area contributed by atoms with Crippen LogP contribution in [0.2, 0.25) is 0 Å². The Bertz CT molecular complexity index is 753. The molecule has 158 valence electrons. The fourth-order valence-corrected chi connectivity index (χ4v) is 4.02. The highest BCUT2D eigenvalue weighted by atomic mass is 16.6.